The lowest BCUT2D eigenvalue weighted by atomic mass is 10.2. The molecular formula is C14H13NO3S. The first kappa shape index (κ1) is 13.6. The number of nitro groups is 1. The van der Waals surface area contributed by atoms with Crippen LogP contribution in [-0.4, -0.2) is 10.9 Å². The number of hydrogen-bond acceptors (Lipinski definition) is 4. The molecule has 4 nitrogen and oxygen atoms in total. The van der Waals surface area contributed by atoms with Gasteiger partial charge in [0.05, 0.1) is 17.5 Å². The summed E-state index contributed by atoms with van der Waals surface area (Å²) in [5.74, 6) is 0.557. The van der Waals surface area contributed by atoms with Crippen LogP contribution >= 0.6 is 11.8 Å². The SMILES string of the molecule is O=[N+]([O-])c1ccc(COCSc2ccccc2)cc1. The molecule has 0 spiro atoms. The van der Waals surface area contributed by atoms with Gasteiger partial charge in [-0.2, -0.15) is 0 Å². The van der Waals surface area contributed by atoms with Gasteiger partial charge in [0.2, 0.25) is 0 Å². The molecule has 0 fully saturated rings. The topological polar surface area (TPSA) is 52.4 Å². The molecule has 0 amide bonds. The van der Waals surface area contributed by atoms with E-state index < -0.39 is 4.92 Å². The van der Waals surface area contributed by atoms with E-state index in [1.54, 1.807) is 23.9 Å². The third-order valence-corrected chi connectivity index (χ3v) is 3.36. The molecule has 0 aliphatic carbocycles. The Bertz CT molecular complexity index is 528. The van der Waals surface area contributed by atoms with Gasteiger partial charge in [-0.05, 0) is 29.8 Å². The minimum Gasteiger partial charge on any atom is -0.366 e. The predicted molar refractivity (Wildman–Crippen MR) is 75.1 cm³/mol. The van der Waals surface area contributed by atoms with Crippen LogP contribution in [0, 0.1) is 10.1 Å². The average Bonchev–Trinajstić information content (AvgIpc) is 2.45. The highest BCUT2D eigenvalue weighted by atomic mass is 32.2. The number of non-ortho nitro benzene ring substituents is 1. The molecule has 0 atom stereocenters. The zero-order chi connectivity index (χ0) is 13.5. The van der Waals surface area contributed by atoms with Gasteiger partial charge in [0.15, 0.2) is 0 Å². The van der Waals surface area contributed by atoms with Crippen molar-refractivity contribution in [1.82, 2.24) is 0 Å². The van der Waals surface area contributed by atoms with Crippen molar-refractivity contribution in [3.8, 4) is 0 Å². The van der Waals surface area contributed by atoms with Crippen molar-refractivity contribution in [2.75, 3.05) is 5.94 Å². The lowest BCUT2D eigenvalue weighted by Crippen LogP contribution is -1.93. The van der Waals surface area contributed by atoms with E-state index in [1.807, 2.05) is 30.3 Å². The lowest BCUT2D eigenvalue weighted by Gasteiger charge is -2.04. The number of ether oxygens (including phenoxy) is 1. The second-order valence-corrected chi connectivity index (χ2v) is 4.84. The van der Waals surface area contributed by atoms with Crippen molar-refractivity contribution in [2.24, 2.45) is 0 Å². The molecule has 0 aliphatic heterocycles. The van der Waals surface area contributed by atoms with Crippen LogP contribution in [0.25, 0.3) is 0 Å². The first-order valence-electron chi connectivity index (χ1n) is 5.74. The van der Waals surface area contributed by atoms with E-state index in [-0.39, 0.29) is 5.69 Å². The Morgan fingerprint density at radius 3 is 2.37 bits per heavy atom. The monoisotopic (exact) mass is 275 g/mol. The van der Waals surface area contributed by atoms with Crippen molar-refractivity contribution < 1.29 is 9.66 Å². The third kappa shape index (κ3) is 4.39. The van der Waals surface area contributed by atoms with E-state index in [1.165, 1.54) is 12.1 Å². The van der Waals surface area contributed by atoms with Crippen molar-refractivity contribution in [3.63, 3.8) is 0 Å². The van der Waals surface area contributed by atoms with Gasteiger partial charge in [-0.15, -0.1) is 0 Å². The molecule has 0 saturated carbocycles. The zero-order valence-corrected chi connectivity index (χ0v) is 11.0. The number of nitrogens with zero attached hydrogens (tertiary/aromatic N) is 1. The smallest absolute Gasteiger partial charge is 0.269 e. The first-order chi connectivity index (χ1) is 9.25. The Morgan fingerprint density at radius 1 is 1.05 bits per heavy atom. The van der Waals surface area contributed by atoms with Crippen LogP contribution in [0.4, 0.5) is 5.69 Å². The summed E-state index contributed by atoms with van der Waals surface area (Å²) in [6, 6.07) is 16.4. The van der Waals surface area contributed by atoms with Crippen molar-refractivity contribution in [3.05, 3.63) is 70.3 Å². The third-order valence-electron chi connectivity index (χ3n) is 2.47. The van der Waals surface area contributed by atoms with Crippen molar-refractivity contribution >= 4 is 17.4 Å². The van der Waals surface area contributed by atoms with E-state index in [4.69, 9.17) is 4.74 Å². The van der Waals surface area contributed by atoms with Gasteiger partial charge < -0.3 is 4.74 Å². The summed E-state index contributed by atoms with van der Waals surface area (Å²) in [6.07, 6.45) is 0. The summed E-state index contributed by atoms with van der Waals surface area (Å²) in [7, 11) is 0. The van der Waals surface area contributed by atoms with Crippen molar-refractivity contribution in [1.29, 1.82) is 0 Å². The zero-order valence-electron chi connectivity index (χ0n) is 10.2. The molecule has 2 rings (SSSR count). The molecule has 0 unspecified atom stereocenters. The molecule has 0 aliphatic rings. The van der Waals surface area contributed by atoms with Crippen LogP contribution in [0.1, 0.15) is 5.56 Å². The van der Waals surface area contributed by atoms with Crippen LogP contribution in [0.2, 0.25) is 0 Å². The predicted octanol–water partition coefficient (Wildman–Crippen LogP) is 3.86. The molecule has 0 bridgehead atoms. The largest absolute Gasteiger partial charge is 0.366 e. The quantitative estimate of drug-likeness (QED) is 0.264. The van der Waals surface area contributed by atoms with Crippen LogP contribution in [0.15, 0.2) is 59.5 Å². The molecule has 0 radical (unpaired) electrons. The standard InChI is InChI=1S/C14H13NO3S/c16-15(17)13-8-6-12(7-9-13)10-18-11-19-14-4-2-1-3-5-14/h1-9H,10-11H2. The Hall–Kier alpha value is -1.85. The first-order valence-corrected chi connectivity index (χ1v) is 6.73. The van der Waals surface area contributed by atoms with Gasteiger partial charge in [0.25, 0.3) is 5.69 Å². The van der Waals surface area contributed by atoms with Gasteiger partial charge >= 0.3 is 0 Å². The number of thioether (sulfide) groups is 1. The summed E-state index contributed by atoms with van der Waals surface area (Å²) in [4.78, 5) is 11.3. The van der Waals surface area contributed by atoms with Crippen LogP contribution in [0.5, 0.6) is 0 Å². The second-order valence-electron chi connectivity index (χ2n) is 3.85. The average molecular weight is 275 g/mol. The fourth-order valence-corrected chi connectivity index (χ4v) is 2.15. The maximum atomic E-state index is 10.5. The molecule has 0 saturated heterocycles. The Kier molecular flexibility index (Phi) is 4.94. The minimum atomic E-state index is -0.407. The highest BCUT2D eigenvalue weighted by Gasteiger charge is 2.03. The summed E-state index contributed by atoms with van der Waals surface area (Å²) in [5.41, 5.74) is 1.03. The van der Waals surface area contributed by atoms with Gasteiger partial charge in [0, 0.05) is 17.0 Å². The number of rotatable bonds is 6. The van der Waals surface area contributed by atoms with E-state index in [0.29, 0.717) is 12.5 Å². The second kappa shape index (κ2) is 6.92. The highest BCUT2D eigenvalue weighted by molar-refractivity contribution is 7.99. The molecule has 0 N–H and O–H groups in total. The van der Waals surface area contributed by atoms with Crippen LogP contribution < -0.4 is 0 Å². The summed E-state index contributed by atoms with van der Waals surface area (Å²) < 4.78 is 5.52. The van der Waals surface area contributed by atoms with Gasteiger partial charge in [-0.1, -0.05) is 30.0 Å². The maximum Gasteiger partial charge on any atom is 0.269 e. The van der Waals surface area contributed by atoms with Gasteiger partial charge in [0.1, 0.15) is 0 Å². The summed E-state index contributed by atoms with van der Waals surface area (Å²) >= 11 is 1.62. The van der Waals surface area contributed by atoms with Gasteiger partial charge in [-0.3, -0.25) is 10.1 Å². The molecular weight excluding hydrogens is 262 g/mol. The van der Waals surface area contributed by atoms with Gasteiger partial charge in [-0.25, -0.2) is 0 Å². The number of hydrogen-bond donors (Lipinski definition) is 0. The van der Waals surface area contributed by atoms with Crippen LogP contribution in [-0.2, 0) is 11.3 Å². The molecule has 19 heavy (non-hydrogen) atoms. The van der Waals surface area contributed by atoms with E-state index in [9.17, 15) is 10.1 Å². The molecule has 0 aromatic heterocycles. The maximum absolute atomic E-state index is 10.5. The fraction of sp³-hybridized carbons (Fsp3) is 0.143. The molecule has 98 valence electrons. The summed E-state index contributed by atoms with van der Waals surface area (Å²) in [5, 5.41) is 10.5. The van der Waals surface area contributed by atoms with Crippen molar-refractivity contribution in [2.45, 2.75) is 11.5 Å². The molecule has 5 heteroatoms. The Balaban J connectivity index is 1.75. The Labute approximate surface area is 115 Å². The molecule has 2 aromatic carbocycles. The minimum absolute atomic E-state index is 0.0995. The molecule has 0 heterocycles. The van der Waals surface area contributed by atoms with E-state index in [2.05, 4.69) is 0 Å². The fourth-order valence-electron chi connectivity index (χ4n) is 1.50. The highest BCUT2D eigenvalue weighted by Crippen LogP contribution is 2.18. The lowest BCUT2D eigenvalue weighted by molar-refractivity contribution is -0.384. The Morgan fingerprint density at radius 2 is 1.74 bits per heavy atom. The van der Waals surface area contributed by atoms with E-state index in [0.717, 1.165) is 10.5 Å². The van der Waals surface area contributed by atoms with Crippen LogP contribution in [0.3, 0.4) is 0 Å². The number of benzene rings is 2. The molecule has 2 aromatic rings. The summed E-state index contributed by atoms with van der Waals surface area (Å²) in [6.45, 7) is 0.456. The van der Waals surface area contributed by atoms with E-state index >= 15 is 0 Å². The number of nitro benzene ring substituents is 1. The normalized spacial score (nSPS) is 10.3.